The number of para-hydroxylation sites is 2. The molecule has 1 aromatic rings. The highest BCUT2D eigenvalue weighted by Gasteiger charge is 2.01. The van der Waals surface area contributed by atoms with Gasteiger partial charge in [0.25, 0.3) is 0 Å². The topological polar surface area (TPSA) is 28.0 Å². The zero-order valence-corrected chi connectivity index (χ0v) is 12.2. The zero-order valence-electron chi connectivity index (χ0n) is 12.2. The average molecular weight is 277 g/mol. The maximum Gasteiger partial charge on any atom is 0.153 e. The first-order valence-electron chi connectivity index (χ1n) is 7.42. The van der Waals surface area contributed by atoms with Crippen molar-refractivity contribution >= 4 is 0 Å². The first kappa shape index (κ1) is 13.6. The molecule has 0 saturated carbocycles. The molecule has 0 bridgehead atoms. The van der Waals surface area contributed by atoms with E-state index in [9.17, 15) is 0 Å². The minimum absolute atomic E-state index is 0.763. The Kier molecular flexibility index (Phi) is 4.10. The van der Waals surface area contributed by atoms with Gasteiger partial charge in [-0.1, -0.05) is 31.6 Å². The Bertz CT molecular complexity index is 698. The lowest BCUT2D eigenvalue weighted by molar-refractivity contribution is 0.481. The number of hydrogen-bond donors (Lipinski definition) is 0. The summed E-state index contributed by atoms with van der Waals surface area (Å²) < 4.78 is 0. The van der Waals surface area contributed by atoms with Crippen molar-refractivity contribution < 1.29 is 0 Å². The Balaban J connectivity index is 1.70. The summed E-state index contributed by atoms with van der Waals surface area (Å²) in [6, 6.07) is 7.94. The summed E-state index contributed by atoms with van der Waals surface area (Å²) >= 11 is 0. The molecule has 2 aliphatic rings. The number of rotatable bonds is 4. The second kappa shape index (κ2) is 6.35. The number of nitrogens with zero attached hydrogens (tertiary/aromatic N) is 3. The SMILES string of the molecule is CCCCN1C=CC(=CC=C2N=c3ccccc3=N2)C=C1. The third-order valence-electron chi connectivity index (χ3n) is 3.46. The van der Waals surface area contributed by atoms with E-state index >= 15 is 0 Å². The molecule has 2 aliphatic heterocycles. The molecule has 3 rings (SSSR count). The third-order valence-corrected chi connectivity index (χ3v) is 3.46. The fraction of sp³-hybridized carbons (Fsp3) is 0.222. The van der Waals surface area contributed by atoms with Gasteiger partial charge in [0.2, 0.25) is 0 Å². The summed E-state index contributed by atoms with van der Waals surface area (Å²) in [5.41, 5.74) is 1.16. The first-order chi connectivity index (χ1) is 10.3. The smallest absolute Gasteiger partial charge is 0.153 e. The molecule has 106 valence electrons. The van der Waals surface area contributed by atoms with Crippen LogP contribution in [0.2, 0.25) is 0 Å². The van der Waals surface area contributed by atoms with Crippen LogP contribution in [0.25, 0.3) is 0 Å². The Morgan fingerprint density at radius 1 is 1.00 bits per heavy atom. The second-order valence-corrected chi connectivity index (χ2v) is 5.13. The number of fused-ring (bicyclic) bond motifs is 1. The van der Waals surface area contributed by atoms with Gasteiger partial charge >= 0.3 is 0 Å². The normalized spacial score (nSPS) is 15.6. The number of benzene rings is 1. The molecule has 0 aromatic heterocycles. The highest BCUT2D eigenvalue weighted by Crippen LogP contribution is 2.11. The lowest BCUT2D eigenvalue weighted by Crippen LogP contribution is -2.19. The largest absolute Gasteiger partial charge is 0.354 e. The van der Waals surface area contributed by atoms with Crippen molar-refractivity contribution in [3.05, 3.63) is 83.1 Å². The van der Waals surface area contributed by atoms with Crippen LogP contribution in [0.4, 0.5) is 0 Å². The van der Waals surface area contributed by atoms with Gasteiger partial charge in [-0.25, -0.2) is 9.98 Å². The molecule has 21 heavy (non-hydrogen) atoms. The molecule has 0 aliphatic carbocycles. The predicted molar refractivity (Wildman–Crippen MR) is 84.8 cm³/mol. The zero-order chi connectivity index (χ0) is 14.5. The minimum atomic E-state index is 0.763. The first-order valence-corrected chi connectivity index (χ1v) is 7.42. The van der Waals surface area contributed by atoms with Crippen LogP contribution in [0.1, 0.15) is 19.8 Å². The molecule has 0 unspecified atom stereocenters. The van der Waals surface area contributed by atoms with Crippen LogP contribution in [-0.2, 0) is 0 Å². The van der Waals surface area contributed by atoms with E-state index < -0.39 is 0 Å². The maximum atomic E-state index is 4.48. The van der Waals surface area contributed by atoms with E-state index in [-0.39, 0.29) is 0 Å². The molecule has 0 N–H and O–H groups in total. The van der Waals surface area contributed by atoms with Gasteiger partial charge in [-0.2, -0.15) is 0 Å². The van der Waals surface area contributed by atoms with Crippen LogP contribution in [0.15, 0.2) is 82.3 Å². The third kappa shape index (κ3) is 3.37. The van der Waals surface area contributed by atoms with Crippen LogP contribution < -0.4 is 10.7 Å². The van der Waals surface area contributed by atoms with Gasteiger partial charge in [0.05, 0.1) is 10.7 Å². The summed E-state index contributed by atoms with van der Waals surface area (Å²) in [6.07, 6.45) is 14.9. The van der Waals surface area contributed by atoms with E-state index in [4.69, 9.17) is 0 Å². The standard InChI is InChI=1S/C18H19N3/c1-2-3-12-21-13-10-15(11-14-21)8-9-18-19-16-6-4-5-7-17(16)20-18/h4-11,13-14H,2-3,12H2,1H3. The van der Waals surface area contributed by atoms with Crippen molar-refractivity contribution in [3.63, 3.8) is 0 Å². The van der Waals surface area contributed by atoms with Crippen LogP contribution in [0.5, 0.6) is 0 Å². The van der Waals surface area contributed by atoms with Gasteiger partial charge in [0.1, 0.15) is 0 Å². The van der Waals surface area contributed by atoms with Crippen LogP contribution in [0.3, 0.4) is 0 Å². The number of allylic oxidation sites excluding steroid dienone is 5. The molecule has 0 saturated heterocycles. The van der Waals surface area contributed by atoms with Crippen LogP contribution in [-0.4, -0.2) is 11.4 Å². The summed E-state index contributed by atoms with van der Waals surface area (Å²) in [5.74, 6) is 0.763. The van der Waals surface area contributed by atoms with E-state index in [1.54, 1.807) is 0 Å². The summed E-state index contributed by atoms with van der Waals surface area (Å²) in [7, 11) is 0. The molecule has 0 fully saturated rings. The maximum absolute atomic E-state index is 4.48. The van der Waals surface area contributed by atoms with E-state index in [2.05, 4.69) is 52.4 Å². The Morgan fingerprint density at radius 2 is 1.67 bits per heavy atom. The Hall–Kier alpha value is -2.42. The summed E-state index contributed by atoms with van der Waals surface area (Å²) in [4.78, 5) is 11.2. The number of hydrogen-bond acceptors (Lipinski definition) is 3. The quantitative estimate of drug-likeness (QED) is 0.831. The van der Waals surface area contributed by atoms with Gasteiger partial charge in [0, 0.05) is 18.9 Å². The summed E-state index contributed by atoms with van der Waals surface area (Å²) in [6.45, 7) is 3.29. The monoisotopic (exact) mass is 277 g/mol. The van der Waals surface area contributed by atoms with Gasteiger partial charge < -0.3 is 4.90 Å². The molecule has 3 heteroatoms. The van der Waals surface area contributed by atoms with Gasteiger partial charge in [-0.15, -0.1) is 0 Å². The second-order valence-electron chi connectivity index (χ2n) is 5.13. The molecular weight excluding hydrogens is 258 g/mol. The molecule has 1 aromatic carbocycles. The van der Waals surface area contributed by atoms with E-state index in [1.807, 2.05) is 30.3 Å². The Labute approximate surface area is 125 Å². The molecule has 0 amide bonds. The van der Waals surface area contributed by atoms with Gasteiger partial charge in [-0.3, -0.25) is 0 Å². The highest BCUT2D eigenvalue weighted by atomic mass is 15.1. The molecule has 3 nitrogen and oxygen atoms in total. The van der Waals surface area contributed by atoms with Crippen molar-refractivity contribution in [1.29, 1.82) is 0 Å². The fourth-order valence-corrected chi connectivity index (χ4v) is 2.24. The average Bonchev–Trinajstić information content (AvgIpc) is 2.95. The summed E-state index contributed by atoms with van der Waals surface area (Å²) in [5, 5.41) is 1.89. The van der Waals surface area contributed by atoms with Crippen LogP contribution in [0, 0.1) is 0 Å². The molecule has 0 spiro atoms. The molecular formula is C18H19N3. The van der Waals surface area contributed by atoms with Crippen LogP contribution >= 0.6 is 0 Å². The van der Waals surface area contributed by atoms with E-state index in [0.717, 1.165) is 28.7 Å². The van der Waals surface area contributed by atoms with Crippen molar-refractivity contribution in [2.45, 2.75) is 19.8 Å². The lowest BCUT2D eigenvalue weighted by atomic mass is 10.2. The minimum Gasteiger partial charge on any atom is -0.354 e. The fourth-order valence-electron chi connectivity index (χ4n) is 2.24. The van der Waals surface area contributed by atoms with Crippen molar-refractivity contribution in [2.75, 3.05) is 6.54 Å². The van der Waals surface area contributed by atoms with E-state index in [1.165, 1.54) is 12.8 Å². The van der Waals surface area contributed by atoms with Gasteiger partial charge in [0.15, 0.2) is 5.82 Å². The predicted octanol–water partition coefficient (Wildman–Crippen LogP) is 2.85. The van der Waals surface area contributed by atoms with E-state index in [0.29, 0.717) is 0 Å². The lowest BCUT2D eigenvalue weighted by Gasteiger charge is -2.17. The molecule has 0 atom stereocenters. The van der Waals surface area contributed by atoms with Crippen molar-refractivity contribution in [1.82, 2.24) is 4.90 Å². The van der Waals surface area contributed by atoms with Crippen molar-refractivity contribution in [3.8, 4) is 0 Å². The molecule has 0 radical (unpaired) electrons. The number of unbranched alkanes of at least 4 members (excludes halogenated alkanes) is 1. The highest BCUT2D eigenvalue weighted by molar-refractivity contribution is 5.37. The van der Waals surface area contributed by atoms with Gasteiger partial charge in [-0.05, 0) is 42.4 Å². The molecule has 2 heterocycles. The van der Waals surface area contributed by atoms with Crippen molar-refractivity contribution in [2.24, 2.45) is 9.98 Å². The Morgan fingerprint density at radius 3 is 2.29 bits per heavy atom.